The lowest BCUT2D eigenvalue weighted by atomic mass is 9.99. The molecule has 0 aliphatic heterocycles. The highest BCUT2D eigenvalue weighted by molar-refractivity contribution is 14.1. The number of carboxylic acid groups (broad SMARTS) is 1. The van der Waals surface area contributed by atoms with Crippen LogP contribution in [0.3, 0.4) is 0 Å². The van der Waals surface area contributed by atoms with Gasteiger partial charge in [0.2, 0.25) is 0 Å². The van der Waals surface area contributed by atoms with E-state index in [1.807, 2.05) is 22.6 Å². The van der Waals surface area contributed by atoms with E-state index in [1.165, 1.54) is 12.2 Å². The average Bonchev–Trinajstić information content (AvgIpc) is 2.00. The Bertz CT molecular complexity index is 269. The fourth-order valence-electron chi connectivity index (χ4n) is 0.876. The van der Waals surface area contributed by atoms with Gasteiger partial charge in [0, 0.05) is 9.15 Å². The Morgan fingerprint density at radius 1 is 1.42 bits per heavy atom. The van der Waals surface area contributed by atoms with Gasteiger partial charge in [0.15, 0.2) is 0 Å². The summed E-state index contributed by atoms with van der Waals surface area (Å²) < 4.78 is 0.505. The third kappa shape index (κ3) is 1.67. The van der Waals surface area contributed by atoms with E-state index < -0.39 is 18.2 Å². The topological polar surface area (TPSA) is 80.6 Å². The Morgan fingerprint density at radius 3 is 2.50 bits per heavy atom. The van der Waals surface area contributed by atoms with Crippen LogP contribution in [0, 0.1) is 0 Å². The fourth-order valence-corrected chi connectivity index (χ4v) is 1.40. The zero-order valence-corrected chi connectivity index (χ0v) is 8.06. The molecule has 5 heteroatoms. The van der Waals surface area contributed by atoms with Crippen LogP contribution in [0.15, 0.2) is 21.3 Å². The highest BCUT2D eigenvalue weighted by Crippen LogP contribution is 2.23. The number of aliphatic hydroxyl groups is 2. The number of aliphatic hydroxyl groups excluding tert-OH is 2. The molecule has 0 aromatic heterocycles. The van der Waals surface area contributed by atoms with Crippen LogP contribution in [0.5, 0.6) is 0 Å². The molecular formula is C7H6IO4-. The van der Waals surface area contributed by atoms with E-state index in [0.29, 0.717) is 3.58 Å². The zero-order chi connectivity index (χ0) is 9.30. The maximum atomic E-state index is 10.3. The van der Waals surface area contributed by atoms with Crippen LogP contribution < -0.4 is 5.11 Å². The second-order valence-electron chi connectivity index (χ2n) is 2.35. The first kappa shape index (κ1) is 9.69. The van der Waals surface area contributed by atoms with Gasteiger partial charge in [-0.3, -0.25) is 0 Å². The Balaban J connectivity index is 2.97. The molecule has 66 valence electrons. The molecule has 0 saturated carbocycles. The van der Waals surface area contributed by atoms with Gasteiger partial charge in [-0.05, 0) is 28.7 Å². The molecule has 1 rings (SSSR count). The maximum Gasteiger partial charge on any atom is 0.115 e. The molecule has 0 unspecified atom stereocenters. The highest BCUT2D eigenvalue weighted by atomic mass is 127. The zero-order valence-electron chi connectivity index (χ0n) is 5.90. The quantitative estimate of drug-likeness (QED) is 0.586. The number of halogens is 1. The van der Waals surface area contributed by atoms with E-state index in [9.17, 15) is 20.1 Å². The molecule has 0 fully saturated rings. The van der Waals surface area contributed by atoms with Crippen molar-refractivity contribution in [3.63, 3.8) is 0 Å². The Hall–Kier alpha value is -0.400. The number of carbonyl (C=O) groups is 1. The van der Waals surface area contributed by atoms with Gasteiger partial charge >= 0.3 is 0 Å². The van der Waals surface area contributed by atoms with E-state index in [-0.39, 0.29) is 5.57 Å². The molecule has 2 atom stereocenters. The molecule has 0 spiro atoms. The monoisotopic (exact) mass is 281 g/mol. The second-order valence-corrected chi connectivity index (χ2v) is 3.60. The number of hydrogen-bond acceptors (Lipinski definition) is 4. The number of rotatable bonds is 1. The van der Waals surface area contributed by atoms with Crippen molar-refractivity contribution in [2.45, 2.75) is 12.2 Å². The summed E-state index contributed by atoms with van der Waals surface area (Å²) in [6, 6.07) is 0. The smallest absolute Gasteiger partial charge is 0.115 e. The van der Waals surface area contributed by atoms with Crippen molar-refractivity contribution in [2.75, 3.05) is 0 Å². The summed E-state index contributed by atoms with van der Waals surface area (Å²) >= 11 is 1.82. The Morgan fingerprint density at radius 2 is 2.00 bits per heavy atom. The van der Waals surface area contributed by atoms with Crippen molar-refractivity contribution in [1.82, 2.24) is 0 Å². The van der Waals surface area contributed by atoms with Gasteiger partial charge < -0.3 is 20.1 Å². The number of carbonyl (C=O) groups excluding carboxylic acids is 1. The molecule has 0 radical (unpaired) electrons. The largest absolute Gasteiger partial charge is 0.545 e. The number of carboxylic acids is 1. The van der Waals surface area contributed by atoms with Gasteiger partial charge in [-0.1, -0.05) is 6.08 Å². The lowest BCUT2D eigenvalue weighted by Crippen LogP contribution is -2.38. The van der Waals surface area contributed by atoms with Crippen molar-refractivity contribution >= 4 is 28.6 Å². The minimum atomic E-state index is -1.46. The minimum Gasteiger partial charge on any atom is -0.545 e. The molecule has 2 N–H and O–H groups in total. The summed E-state index contributed by atoms with van der Waals surface area (Å²) in [4.78, 5) is 10.3. The third-order valence-electron chi connectivity index (χ3n) is 1.56. The molecular weight excluding hydrogens is 275 g/mol. The van der Waals surface area contributed by atoms with Crippen molar-refractivity contribution < 1.29 is 20.1 Å². The fraction of sp³-hybridized carbons (Fsp3) is 0.286. The third-order valence-corrected chi connectivity index (χ3v) is 2.56. The first-order chi connectivity index (χ1) is 5.54. The van der Waals surface area contributed by atoms with Crippen LogP contribution in [0.25, 0.3) is 0 Å². The summed E-state index contributed by atoms with van der Waals surface area (Å²) in [6.45, 7) is 0. The molecule has 1 aliphatic carbocycles. The van der Waals surface area contributed by atoms with Crippen molar-refractivity contribution in [3.8, 4) is 0 Å². The van der Waals surface area contributed by atoms with Gasteiger partial charge in [-0.2, -0.15) is 0 Å². The lowest BCUT2D eigenvalue weighted by Gasteiger charge is -2.24. The predicted octanol–water partition coefficient (Wildman–Crippen LogP) is -1.28. The van der Waals surface area contributed by atoms with Crippen molar-refractivity contribution in [3.05, 3.63) is 21.3 Å². The van der Waals surface area contributed by atoms with E-state index in [2.05, 4.69) is 0 Å². The van der Waals surface area contributed by atoms with Crippen LogP contribution in [-0.2, 0) is 4.79 Å². The van der Waals surface area contributed by atoms with Gasteiger partial charge in [0.25, 0.3) is 0 Å². The number of hydrogen-bond donors (Lipinski definition) is 2. The number of aliphatic carboxylic acids is 1. The first-order valence-electron chi connectivity index (χ1n) is 3.18. The lowest BCUT2D eigenvalue weighted by molar-refractivity contribution is -0.300. The first-order valence-corrected chi connectivity index (χ1v) is 4.26. The standard InChI is InChI=1S/C7H7IO4/c8-4-2-1-3(7(11)12)5(9)6(4)10/h1-2,5-6,9-10H,(H,11,12)/p-1/t5-,6+/m1/s1. The summed E-state index contributed by atoms with van der Waals surface area (Å²) in [7, 11) is 0. The van der Waals surface area contributed by atoms with Crippen LogP contribution >= 0.6 is 22.6 Å². The van der Waals surface area contributed by atoms with Crippen LogP contribution in [0.2, 0.25) is 0 Å². The summed E-state index contributed by atoms with van der Waals surface area (Å²) in [5.74, 6) is -1.46. The molecule has 0 saturated heterocycles. The maximum absolute atomic E-state index is 10.3. The molecule has 0 amide bonds. The molecule has 0 bridgehead atoms. The highest BCUT2D eigenvalue weighted by Gasteiger charge is 2.25. The van der Waals surface area contributed by atoms with Gasteiger partial charge in [0.05, 0.1) is 5.97 Å². The molecule has 12 heavy (non-hydrogen) atoms. The minimum absolute atomic E-state index is 0.289. The van der Waals surface area contributed by atoms with Crippen LogP contribution in [0.4, 0.5) is 0 Å². The number of allylic oxidation sites excluding steroid dienone is 2. The predicted molar refractivity (Wildman–Crippen MR) is 47.2 cm³/mol. The molecule has 4 nitrogen and oxygen atoms in total. The van der Waals surface area contributed by atoms with E-state index in [4.69, 9.17) is 0 Å². The molecule has 0 aromatic rings. The van der Waals surface area contributed by atoms with Crippen molar-refractivity contribution in [1.29, 1.82) is 0 Å². The molecule has 0 aromatic carbocycles. The van der Waals surface area contributed by atoms with Crippen molar-refractivity contribution in [2.24, 2.45) is 0 Å². The van der Waals surface area contributed by atoms with Crippen LogP contribution in [0.1, 0.15) is 0 Å². The molecule has 1 aliphatic rings. The molecule has 0 heterocycles. The SMILES string of the molecule is O=C([O-])C1=CC=C(I)[C@H](O)[C@@H]1O. The average molecular weight is 281 g/mol. The summed E-state index contributed by atoms with van der Waals surface area (Å²) in [5.41, 5.74) is -0.289. The van der Waals surface area contributed by atoms with Gasteiger partial charge in [-0.15, -0.1) is 0 Å². The summed E-state index contributed by atoms with van der Waals surface area (Å²) in [5, 5.41) is 28.7. The Kier molecular flexibility index (Phi) is 2.86. The van der Waals surface area contributed by atoms with Gasteiger partial charge in [0.1, 0.15) is 12.2 Å². The van der Waals surface area contributed by atoms with Gasteiger partial charge in [-0.25, -0.2) is 0 Å². The van der Waals surface area contributed by atoms with E-state index in [0.717, 1.165) is 0 Å². The Labute approximate surface area is 82.3 Å². The second kappa shape index (κ2) is 3.55. The van der Waals surface area contributed by atoms with Crippen LogP contribution in [-0.4, -0.2) is 28.4 Å². The van der Waals surface area contributed by atoms with E-state index in [1.54, 1.807) is 0 Å². The summed E-state index contributed by atoms with van der Waals surface area (Å²) in [6.07, 6.45) is 0.132. The normalized spacial score (nSPS) is 29.2. The van der Waals surface area contributed by atoms with E-state index >= 15 is 0 Å².